The molecule has 0 spiro atoms. The molecule has 6 nitrogen and oxygen atoms in total. The molecule has 2 rings (SSSR count). The zero-order valence-electron chi connectivity index (χ0n) is 17.4. The van der Waals surface area contributed by atoms with Crippen LogP contribution in [0, 0.1) is 5.92 Å². The molecule has 1 aliphatic rings. The van der Waals surface area contributed by atoms with Gasteiger partial charge in [0.2, 0.25) is 0 Å². The molecule has 0 saturated heterocycles. The summed E-state index contributed by atoms with van der Waals surface area (Å²) in [4.78, 5) is 25.8. The van der Waals surface area contributed by atoms with Crippen LogP contribution in [0.5, 0.6) is 0 Å². The van der Waals surface area contributed by atoms with Crippen LogP contribution in [0.4, 0.5) is 4.79 Å². The maximum atomic E-state index is 12.6. The fourth-order valence-corrected chi connectivity index (χ4v) is 4.26. The van der Waals surface area contributed by atoms with Gasteiger partial charge in [0, 0.05) is 24.5 Å². The van der Waals surface area contributed by atoms with E-state index in [9.17, 15) is 9.59 Å². The van der Waals surface area contributed by atoms with E-state index < -0.39 is 5.97 Å². The lowest BCUT2D eigenvalue weighted by molar-refractivity contribution is -0.137. The first kappa shape index (κ1) is 22.2. The molecule has 3 unspecified atom stereocenters. The molecule has 0 heterocycles. The first-order valence-corrected chi connectivity index (χ1v) is 10.3. The van der Waals surface area contributed by atoms with Crippen molar-refractivity contribution in [2.45, 2.75) is 63.5 Å². The molecule has 0 bridgehead atoms. The van der Waals surface area contributed by atoms with Crippen LogP contribution >= 0.6 is 0 Å². The minimum absolute atomic E-state index is 0.00893. The van der Waals surface area contributed by atoms with Crippen LogP contribution < -0.4 is 10.6 Å². The molecule has 1 aromatic carbocycles. The SMILES string of the molecule is CC1CCCC(CNC(=O)NC(CCC(=O)O)Cc2ccccc2)(N(C)C)C1. The van der Waals surface area contributed by atoms with Crippen molar-refractivity contribution in [2.24, 2.45) is 5.92 Å². The lowest BCUT2D eigenvalue weighted by atomic mass is 9.75. The van der Waals surface area contributed by atoms with E-state index in [2.05, 4.69) is 36.6 Å². The first-order valence-electron chi connectivity index (χ1n) is 10.3. The van der Waals surface area contributed by atoms with Crippen LogP contribution in [0.25, 0.3) is 0 Å². The molecule has 28 heavy (non-hydrogen) atoms. The smallest absolute Gasteiger partial charge is 0.315 e. The van der Waals surface area contributed by atoms with Gasteiger partial charge in [0.1, 0.15) is 0 Å². The summed E-state index contributed by atoms with van der Waals surface area (Å²) in [6.07, 6.45) is 5.65. The van der Waals surface area contributed by atoms with Crippen molar-refractivity contribution >= 4 is 12.0 Å². The van der Waals surface area contributed by atoms with Crippen LogP contribution in [0.1, 0.15) is 51.0 Å². The quantitative estimate of drug-likeness (QED) is 0.605. The highest BCUT2D eigenvalue weighted by atomic mass is 16.4. The molecule has 156 valence electrons. The van der Waals surface area contributed by atoms with E-state index in [0.717, 1.165) is 18.4 Å². The molecule has 6 heteroatoms. The highest BCUT2D eigenvalue weighted by molar-refractivity contribution is 5.74. The number of urea groups is 1. The van der Waals surface area contributed by atoms with Gasteiger partial charge >= 0.3 is 12.0 Å². The number of carboxylic acids is 1. The van der Waals surface area contributed by atoms with Crippen molar-refractivity contribution < 1.29 is 14.7 Å². The van der Waals surface area contributed by atoms with Gasteiger partial charge in [0.15, 0.2) is 0 Å². The van der Waals surface area contributed by atoms with E-state index in [1.807, 2.05) is 30.3 Å². The first-order chi connectivity index (χ1) is 13.3. The van der Waals surface area contributed by atoms with E-state index in [-0.39, 0.29) is 24.0 Å². The third-order valence-corrected chi connectivity index (χ3v) is 5.96. The van der Waals surface area contributed by atoms with Gasteiger partial charge in [0.05, 0.1) is 0 Å². The minimum Gasteiger partial charge on any atom is -0.481 e. The number of carbonyl (C=O) groups excluding carboxylic acids is 1. The highest BCUT2D eigenvalue weighted by Crippen LogP contribution is 2.35. The number of amides is 2. The molecule has 1 saturated carbocycles. The Hall–Kier alpha value is -2.08. The number of nitrogens with zero attached hydrogens (tertiary/aromatic N) is 1. The standard InChI is InChI=1S/C22H35N3O3/c1-17-8-7-13-22(15-17,25(2)3)16-23-21(28)24-19(11-12-20(26)27)14-18-9-5-4-6-10-18/h4-6,9-10,17,19H,7-8,11-16H2,1-3H3,(H,26,27)(H2,23,24,28). The second-order valence-corrected chi connectivity index (χ2v) is 8.47. The Morgan fingerprint density at radius 2 is 2.00 bits per heavy atom. The molecule has 0 aliphatic heterocycles. The Morgan fingerprint density at radius 1 is 1.29 bits per heavy atom. The van der Waals surface area contributed by atoms with Gasteiger partial charge in [-0.1, -0.05) is 50.1 Å². The van der Waals surface area contributed by atoms with Crippen LogP contribution in [0.15, 0.2) is 30.3 Å². The van der Waals surface area contributed by atoms with Gasteiger partial charge < -0.3 is 20.6 Å². The molecular weight excluding hydrogens is 354 g/mol. The van der Waals surface area contributed by atoms with Gasteiger partial charge in [-0.2, -0.15) is 0 Å². The van der Waals surface area contributed by atoms with Crippen molar-refractivity contribution in [1.82, 2.24) is 15.5 Å². The van der Waals surface area contributed by atoms with Gasteiger partial charge in [-0.05, 0) is 51.3 Å². The molecule has 0 aromatic heterocycles. The summed E-state index contributed by atoms with van der Waals surface area (Å²) in [7, 11) is 4.17. The summed E-state index contributed by atoms with van der Waals surface area (Å²) in [5.74, 6) is -0.189. The van der Waals surface area contributed by atoms with E-state index in [1.54, 1.807) is 0 Å². The van der Waals surface area contributed by atoms with Gasteiger partial charge in [-0.3, -0.25) is 4.79 Å². The topological polar surface area (TPSA) is 81.7 Å². The van der Waals surface area contributed by atoms with Crippen molar-refractivity contribution in [1.29, 1.82) is 0 Å². The average Bonchev–Trinajstić information content (AvgIpc) is 2.65. The Bertz CT molecular complexity index is 635. The number of carboxylic acid groups (broad SMARTS) is 1. The normalized spacial score (nSPS) is 23.2. The van der Waals surface area contributed by atoms with Crippen molar-refractivity contribution in [3.63, 3.8) is 0 Å². The molecule has 1 fully saturated rings. The minimum atomic E-state index is -0.844. The van der Waals surface area contributed by atoms with Crippen LogP contribution in [0.2, 0.25) is 0 Å². The van der Waals surface area contributed by atoms with Crippen LogP contribution in [-0.2, 0) is 11.2 Å². The number of hydrogen-bond donors (Lipinski definition) is 3. The number of benzene rings is 1. The van der Waals surface area contributed by atoms with Crippen LogP contribution in [0.3, 0.4) is 0 Å². The Morgan fingerprint density at radius 3 is 2.61 bits per heavy atom. The van der Waals surface area contributed by atoms with E-state index in [1.165, 1.54) is 12.8 Å². The lowest BCUT2D eigenvalue weighted by Crippen LogP contribution is -2.57. The number of aliphatic carboxylic acids is 1. The summed E-state index contributed by atoms with van der Waals surface area (Å²) >= 11 is 0. The van der Waals surface area contributed by atoms with Crippen molar-refractivity contribution in [3.8, 4) is 0 Å². The van der Waals surface area contributed by atoms with Crippen molar-refractivity contribution in [2.75, 3.05) is 20.6 Å². The molecule has 0 radical (unpaired) electrons. The second-order valence-electron chi connectivity index (χ2n) is 8.47. The van der Waals surface area contributed by atoms with Gasteiger partial charge in [-0.15, -0.1) is 0 Å². The maximum Gasteiger partial charge on any atom is 0.315 e. The Labute approximate surface area is 168 Å². The molecule has 3 atom stereocenters. The lowest BCUT2D eigenvalue weighted by Gasteiger charge is -2.45. The Balaban J connectivity index is 1.94. The predicted octanol–water partition coefficient (Wildman–Crippen LogP) is 3.27. The molecular formula is C22H35N3O3. The van der Waals surface area contributed by atoms with Gasteiger partial charge in [0.25, 0.3) is 0 Å². The summed E-state index contributed by atoms with van der Waals surface area (Å²) in [5, 5.41) is 15.1. The monoisotopic (exact) mass is 389 g/mol. The number of carbonyl (C=O) groups is 2. The summed E-state index contributed by atoms with van der Waals surface area (Å²) in [5.41, 5.74) is 1.08. The predicted molar refractivity (Wildman–Crippen MR) is 111 cm³/mol. The second kappa shape index (κ2) is 10.5. The molecule has 1 aliphatic carbocycles. The summed E-state index contributed by atoms with van der Waals surface area (Å²) in [6, 6.07) is 9.42. The third-order valence-electron chi connectivity index (χ3n) is 5.96. The number of likely N-dealkylation sites (N-methyl/N-ethyl adjacent to an activating group) is 1. The zero-order chi connectivity index (χ0) is 20.6. The number of rotatable bonds is 9. The molecule has 2 amide bonds. The fraction of sp³-hybridized carbons (Fsp3) is 0.636. The van der Waals surface area contributed by atoms with Crippen LogP contribution in [-0.4, -0.2) is 54.2 Å². The fourth-order valence-electron chi connectivity index (χ4n) is 4.26. The zero-order valence-corrected chi connectivity index (χ0v) is 17.4. The van der Waals surface area contributed by atoms with E-state index in [0.29, 0.717) is 25.3 Å². The van der Waals surface area contributed by atoms with E-state index >= 15 is 0 Å². The van der Waals surface area contributed by atoms with Gasteiger partial charge in [-0.25, -0.2) is 4.79 Å². The van der Waals surface area contributed by atoms with E-state index in [4.69, 9.17) is 5.11 Å². The molecule has 3 N–H and O–H groups in total. The molecule has 1 aromatic rings. The summed E-state index contributed by atoms with van der Waals surface area (Å²) < 4.78 is 0. The summed E-state index contributed by atoms with van der Waals surface area (Å²) in [6.45, 7) is 2.88. The number of nitrogens with one attached hydrogen (secondary N) is 2. The largest absolute Gasteiger partial charge is 0.481 e. The Kier molecular flexibility index (Phi) is 8.30. The highest BCUT2D eigenvalue weighted by Gasteiger charge is 2.37. The van der Waals surface area contributed by atoms with Crippen molar-refractivity contribution in [3.05, 3.63) is 35.9 Å². The number of hydrogen-bond acceptors (Lipinski definition) is 3. The third kappa shape index (κ3) is 6.82. The average molecular weight is 390 g/mol. The maximum absolute atomic E-state index is 12.6.